The van der Waals surface area contributed by atoms with Crippen LogP contribution in [0.15, 0.2) is 63.3 Å². The zero-order valence-electron chi connectivity index (χ0n) is 23.4. The normalized spacial score (nSPS) is 12.4. The first kappa shape index (κ1) is 36.4. The van der Waals surface area contributed by atoms with Crippen LogP contribution in [0.5, 0.6) is 0 Å². The molecule has 0 amide bonds. The van der Waals surface area contributed by atoms with Gasteiger partial charge in [-0.3, -0.25) is 0 Å². The fraction of sp³-hybridized carbons (Fsp3) is 0.0588. The Morgan fingerprint density at radius 1 is 0.477 bits per heavy atom. The van der Waals surface area contributed by atoms with E-state index in [9.17, 15) is 42.1 Å². The minimum atomic E-state index is -0.642. The Bertz CT molecular complexity index is 1620. The summed E-state index contributed by atoms with van der Waals surface area (Å²) in [6.45, 7) is 0. The Balaban J connectivity index is 0.00000146. The Morgan fingerprint density at radius 2 is 0.818 bits per heavy atom. The second-order valence-electron chi connectivity index (χ2n) is 8.47. The minimum absolute atomic E-state index is 0. The Kier molecular flexibility index (Phi) is 15.5. The van der Waals surface area contributed by atoms with Crippen molar-refractivity contribution in [2.24, 2.45) is 0 Å². The maximum Gasteiger partial charge on any atom is 2.00 e. The topological polar surface area (TPSA) is 194 Å². The predicted molar refractivity (Wildman–Crippen MR) is 156 cm³/mol. The van der Waals surface area contributed by atoms with E-state index in [-0.39, 0.29) is 39.7 Å². The molecule has 0 spiro atoms. The monoisotopic (exact) mass is 609 g/mol. The predicted octanol–water partition coefficient (Wildman–Crippen LogP) is 5.01. The fourth-order valence-electron chi connectivity index (χ4n) is 3.91. The second kappa shape index (κ2) is 18.8. The molecule has 0 bridgehead atoms. The molecular weight excluding hydrogens is 590 g/mol. The van der Waals surface area contributed by atoms with Gasteiger partial charge in [-0.2, -0.15) is 42.1 Å². The van der Waals surface area contributed by atoms with Gasteiger partial charge in [0.25, 0.3) is 0 Å². The zero-order chi connectivity index (χ0) is 31.8. The average molecular weight is 609 g/mol. The molecule has 44 heavy (non-hydrogen) atoms. The van der Waals surface area contributed by atoms with E-state index in [1.807, 2.05) is 32.1 Å². The molecule has 1 aromatic rings. The van der Waals surface area contributed by atoms with Crippen LogP contribution >= 0.6 is 0 Å². The van der Waals surface area contributed by atoms with Gasteiger partial charge in [0.05, 0.1) is 0 Å². The number of nitrogens with zero attached hydrogens (tertiary/aromatic N) is 9. The number of benzene rings is 1. The van der Waals surface area contributed by atoms with Crippen molar-refractivity contribution in [3.05, 3.63) is 133 Å². The molecule has 2 aliphatic rings. The Morgan fingerprint density at radius 3 is 1.16 bits per heavy atom. The van der Waals surface area contributed by atoms with E-state index >= 15 is 0 Å². The molecule has 10 heteroatoms. The van der Waals surface area contributed by atoms with Crippen molar-refractivity contribution >= 4 is 11.3 Å². The maximum atomic E-state index is 9.92. The average Bonchev–Trinajstić information content (AvgIpc) is 3.79. The van der Waals surface area contributed by atoms with Crippen LogP contribution in [0.4, 0.5) is 5.69 Å². The third-order valence-electron chi connectivity index (χ3n) is 5.82. The Hall–Kier alpha value is -5.58. The molecule has 0 unspecified atom stereocenters. The molecule has 0 aliphatic heterocycles. The van der Waals surface area contributed by atoms with E-state index in [1.54, 1.807) is 105 Å². The summed E-state index contributed by atoms with van der Waals surface area (Å²) in [7, 11) is 3.59. The standard InChI is InChI=1S/C29H14N9.C5H5.Fe/c1-38(2)25-9-7-20(8-10-25)27(22(13-32)14-33)29(24(17-36)18-37)28(23(15-34)16-35)26(21(11-30)12-31)19-5-3-4-6-19;1-2-4-5-3-1;/h3-10H,1-2H3;1-5H;/q;;+2. The fourth-order valence-corrected chi connectivity index (χ4v) is 3.91. The van der Waals surface area contributed by atoms with Gasteiger partial charge in [-0.05, 0) is 81.1 Å². The van der Waals surface area contributed by atoms with Crippen LogP contribution in [0.25, 0.3) is 5.57 Å². The quantitative estimate of drug-likeness (QED) is 0.242. The van der Waals surface area contributed by atoms with Crippen LogP contribution < -0.4 is 4.90 Å². The summed E-state index contributed by atoms with van der Waals surface area (Å²) < 4.78 is 0. The van der Waals surface area contributed by atoms with Gasteiger partial charge in [-0.15, -0.1) is 0 Å². The Labute approximate surface area is 269 Å². The summed E-state index contributed by atoms with van der Waals surface area (Å²) in [6, 6.07) is 20.2. The molecule has 0 N–H and O–H groups in total. The first-order chi connectivity index (χ1) is 20.9. The number of anilines is 1. The largest absolute Gasteiger partial charge is 2.00 e. The smallest absolute Gasteiger partial charge is 0.378 e. The van der Waals surface area contributed by atoms with Gasteiger partial charge in [-0.1, -0.05) is 12.1 Å². The van der Waals surface area contributed by atoms with E-state index in [4.69, 9.17) is 0 Å². The molecule has 0 saturated heterocycles. The third-order valence-corrected chi connectivity index (χ3v) is 5.82. The minimum Gasteiger partial charge on any atom is -0.378 e. The van der Waals surface area contributed by atoms with Crippen molar-refractivity contribution in [3.8, 4) is 48.6 Å². The molecule has 10 radical (unpaired) electrons. The number of rotatable bonds is 6. The zero-order valence-corrected chi connectivity index (χ0v) is 24.5. The maximum absolute atomic E-state index is 9.92. The summed E-state index contributed by atoms with van der Waals surface area (Å²) in [5.41, 5.74) is -2.55. The number of hydrogen-bond donors (Lipinski definition) is 0. The molecule has 0 atom stereocenters. The van der Waals surface area contributed by atoms with Gasteiger partial charge in [-0.25, -0.2) is 0 Å². The van der Waals surface area contributed by atoms with E-state index in [0.29, 0.717) is 0 Å². The third kappa shape index (κ3) is 8.71. The second-order valence-corrected chi connectivity index (χ2v) is 8.47. The van der Waals surface area contributed by atoms with Crippen LogP contribution in [0.1, 0.15) is 5.56 Å². The van der Waals surface area contributed by atoms with Gasteiger partial charge in [0.2, 0.25) is 0 Å². The molecule has 2 fully saturated rings. The van der Waals surface area contributed by atoms with Gasteiger partial charge < -0.3 is 4.90 Å². The van der Waals surface area contributed by atoms with E-state index in [2.05, 4.69) is 0 Å². The summed E-state index contributed by atoms with van der Waals surface area (Å²) in [4.78, 5) is 1.80. The number of hydrogen-bond acceptors (Lipinski definition) is 9. The molecule has 0 heterocycles. The molecule has 0 aromatic heterocycles. The summed E-state index contributed by atoms with van der Waals surface area (Å²) in [5, 5.41) is 78.8. The van der Waals surface area contributed by atoms with Gasteiger partial charge >= 0.3 is 17.1 Å². The van der Waals surface area contributed by atoms with E-state index in [0.717, 1.165) is 5.69 Å². The van der Waals surface area contributed by atoms with Crippen molar-refractivity contribution in [2.45, 2.75) is 0 Å². The molecule has 3 rings (SSSR count). The number of allylic oxidation sites excluding steroid dienone is 8. The van der Waals surface area contributed by atoms with Crippen molar-refractivity contribution in [1.82, 2.24) is 0 Å². The van der Waals surface area contributed by atoms with Crippen LogP contribution in [-0.4, -0.2) is 14.1 Å². The van der Waals surface area contributed by atoms with Gasteiger partial charge in [0.1, 0.15) is 70.8 Å². The van der Waals surface area contributed by atoms with Crippen molar-refractivity contribution < 1.29 is 17.1 Å². The van der Waals surface area contributed by atoms with Crippen LogP contribution in [0.3, 0.4) is 0 Å². The molecule has 206 valence electrons. The molecule has 9 nitrogen and oxygen atoms in total. The summed E-state index contributed by atoms with van der Waals surface area (Å²) >= 11 is 0. The van der Waals surface area contributed by atoms with Gasteiger partial charge in [0.15, 0.2) is 0 Å². The van der Waals surface area contributed by atoms with E-state index < -0.39 is 33.4 Å². The van der Waals surface area contributed by atoms with E-state index in [1.165, 1.54) is 12.8 Å². The first-order valence-electron chi connectivity index (χ1n) is 12.2. The van der Waals surface area contributed by atoms with Crippen molar-refractivity contribution in [3.63, 3.8) is 0 Å². The van der Waals surface area contributed by atoms with Crippen LogP contribution in [0.2, 0.25) is 0 Å². The molecule has 2 aliphatic carbocycles. The summed E-state index contributed by atoms with van der Waals surface area (Å²) in [6.07, 6.45) is 16.2. The van der Waals surface area contributed by atoms with Crippen LogP contribution in [-0.2, 0) is 17.1 Å². The molecule has 1 aromatic carbocycles. The summed E-state index contributed by atoms with van der Waals surface area (Å²) in [5.74, 6) is 0.242. The van der Waals surface area contributed by atoms with Gasteiger partial charge in [0, 0.05) is 42.4 Å². The van der Waals surface area contributed by atoms with Crippen molar-refractivity contribution in [1.29, 1.82) is 42.1 Å². The molecular formula is C34H19FeN9+2. The molecule has 2 saturated carbocycles. The number of nitriles is 8. The SMILES string of the molecule is CN(C)c1ccc(C(=C(C#N)C#N)C(=C(C#N)C#N)C(=C(C#N)C#N)C([C]2[CH][CH][CH][CH]2)=C(C#N)C#N)cc1.[CH]1[CH][CH][CH][CH]1.[Fe+2]. The first-order valence-corrected chi connectivity index (χ1v) is 12.2. The van der Waals surface area contributed by atoms with Crippen molar-refractivity contribution in [2.75, 3.05) is 19.0 Å². The van der Waals surface area contributed by atoms with Crippen LogP contribution in [0, 0.1) is 154 Å².